The van der Waals surface area contributed by atoms with Crippen LogP contribution in [0.4, 0.5) is 0 Å². The molecule has 0 bridgehead atoms. The van der Waals surface area contributed by atoms with Crippen LogP contribution in [-0.2, 0) is 13.2 Å². The summed E-state index contributed by atoms with van der Waals surface area (Å²) in [6.07, 6.45) is 4.25. The molecule has 0 aliphatic heterocycles. The molecule has 1 fully saturated rings. The number of benzene rings is 1. The van der Waals surface area contributed by atoms with E-state index in [2.05, 4.69) is 33.9 Å². The van der Waals surface area contributed by atoms with Gasteiger partial charge in [-0.05, 0) is 32.0 Å². The number of rotatable bonds is 4. The van der Waals surface area contributed by atoms with Crippen molar-refractivity contribution >= 4 is 26.9 Å². The molecule has 3 nitrogen and oxygen atoms in total. The fourth-order valence-corrected chi connectivity index (χ4v) is 2.88. The molecule has 0 unspecified atom stereocenters. The summed E-state index contributed by atoms with van der Waals surface area (Å²) in [5.74, 6) is 0. The van der Waals surface area contributed by atoms with Crippen molar-refractivity contribution in [2.75, 3.05) is 7.05 Å². The minimum atomic E-state index is 0.0152. The third-order valence-electron chi connectivity index (χ3n) is 3.56. The molecule has 0 saturated heterocycles. The molecule has 1 heterocycles. The summed E-state index contributed by atoms with van der Waals surface area (Å²) in [4.78, 5) is 2.36. The van der Waals surface area contributed by atoms with Crippen molar-refractivity contribution in [3.05, 3.63) is 34.0 Å². The Morgan fingerprint density at radius 2 is 2.17 bits per heavy atom. The van der Waals surface area contributed by atoms with Crippen LogP contribution in [0, 0.1) is 0 Å². The summed E-state index contributed by atoms with van der Waals surface area (Å²) in [7, 11) is 2.15. The second kappa shape index (κ2) is 4.68. The molecule has 0 atom stereocenters. The Morgan fingerprint density at radius 3 is 2.83 bits per heavy atom. The summed E-state index contributed by atoms with van der Waals surface area (Å²) < 4.78 is 6.65. The van der Waals surface area contributed by atoms with Gasteiger partial charge < -0.3 is 9.52 Å². The van der Waals surface area contributed by atoms with Crippen LogP contribution in [0.15, 0.2) is 27.3 Å². The highest BCUT2D eigenvalue weighted by Gasteiger charge is 2.26. The highest BCUT2D eigenvalue weighted by molar-refractivity contribution is 9.10. The lowest BCUT2D eigenvalue weighted by molar-refractivity contribution is 0.281. The Hall–Kier alpha value is -0.840. The minimum absolute atomic E-state index is 0.0152. The number of halogens is 1. The van der Waals surface area contributed by atoms with Crippen LogP contribution in [0.25, 0.3) is 11.0 Å². The zero-order chi connectivity index (χ0) is 12.7. The van der Waals surface area contributed by atoms with Gasteiger partial charge >= 0.3 is 0 Å². The van der Waals surface area contributed by atoms with E-state index in [0.29, 0.717) is 0 Å². The molecular weight excluding hydrogens is 294 g/mol. The molecule has 3 rings (SSSR count). The van der Waals surface area contributed by atoms with Crippen molar-refractivity contribution in [3.8, 4) is 0 Å². The lowest BCUT2D eigenvalue weighted by Crippen LogP contribution is -2.19. The maximum atomic E-state index is 9.30. The molecule has 1 aromatic heterocycles. The highest BCUT2D eigenvalue weighted by Crippen LogP contribution is 2.32. The largest absolute Gasteiger partial charge is 0.464 e. The predicted molar refractivity (Wildman–Crippen MR) is 74.3 cm³/mol. The molecule has 0 radical (unpaired) electrons. The summed E-state index contributed by atoms with van der Waals surface area (Å²) >= 11 is 3.53. The Bertz CT molecular complexity index is 574. The number of hydrogen-bond acceptors (Lipinski definition) is 3. The van der Waals surface area contributed by atoms with E-state index < -0.39 is 0 Å². The van der Waals surface area contributed by atoms with E-state index in [0.717, 1.165) is 33.6 Å². The lowest BCUT2D eigenvalue weighted by atomic mass is 10.1. The number of hydrogen-bond donors (Lipinski definition) is 1. The minimum Gasteiger partial charge on any atom is -0.464 e. The molecule has 2 aromatic rings. The summed E-state index contributed by atoms with van der Waals surface area (Å²) in [6.45, 7) is 0.903. The zero-order valence-electron chi connectivity index (χ0n) is 10.3. The fourth-order valence-electron chi connectivity index (χ4n) is 2.37. The summed E-state index contributed by atoms with van der Waals surface area (Å²) in [5, 5.41) is 10.3. The van der Waals surface area contributed by atoms with Crippen molar-refractivity contribution in [1.82, 2.24) is 4.90 Å². The standard InChI is InChI=1S/C14H16BrNO2/c1-16(12-2-3-12)6-9-4-11(15)5-13-10(7-17)8-18-14(9)13/h4-5,8,12,17H,2-3,6-7H2,1H3. The molecule has 4 heteroatoms. The third-order valence-corrected chi connectivity index (χ3v) is 4.01. The van der Waals surface area contributed by atoms with E-state index >= 15 is 0 Å². The van der Waals surface area contributed by atoms with E-state index in [4.69, 9.17) is 4.42 Å². The molecular formula is C14H16BrNO2. The summed E-state index contributed by atoms with van der Waals surface area (Å²) in [5.41, 5.74) is 2.92. The van der Waals surface area contributed by atoms with Gasteiger partial charge in [-0.15, -0.1) is 0 Å². The van der Waals surface area contributed by atoms with Crippen LogP contribution in [-0.4, -0.2) is 23.1 Å². The normalized spacial score (nSPS) is 15.8. The second-order valence-corrected chi connectivity index (χ2v) is 5.92. The van der Waals surface area contributed by atoms with Crippen molar-refractivity contribution in [3.63, 3.8) is 0 Å². The molecule has 0 amide bonds. The van der Waals surface area contributed by atoms with Gasteiger partial charge in [-0.2, -0.15) is 0 Å². The van der Waals surface area contributed by atoms with Crippen LogP contribution in [0.2, 0.25) is 0 Å². The van der Waals surface area contributed by atoms with Crippen LogP contribution in [0.5, 0.6) is 0 Å². The average Bonchev–Trinajstić information content (AvgIpc) is 3.10. The van der Waals surface area contributed by atoms with Gasteiger partial charge in [0.15, 0.2) is 0 Å². The topological polar surface area (TPSA) is 36.6 Å². The summed E-state index contributed by atoms with van der Waals surface area (Å²) in [6, 6.07) is 4.84. The third kappa shape index (κ3) is 2.20. The van der Waals surface area contributed by atoms with Crippen LogP contribution in [0.3, 0.4) is 0 Å². The first-order valence-corrected chi connectivity index (χ1v) is 6.98. The van der Waals surface area contributed by atoms with Crippen LogP contribution < -0.4 is 0 Å². The average molecular weight is 310 g/mol. The van der Waals surface area contributed by atoms with Gasteiger partial charge in [0, 0.05) is 33.6 Å². The van der Waals surface area contributed by atoms with E-state index in [1.165, 1.54) is 18.4 Å². The van der Waals surface area contributed by atoms with Gasteiger partial charge in [0.2, 0.25) is 0 Å². The number of nitrogens with zero attached hydrogens (tertiary/aromatic N) is 1. The van der Waals surface area contributed by atoms with Crippen LogP contribution >= 0.6 is 15.9 Å². The van der Waals surface area contributed by atoms with Gasteiger partial charge in [-0.1, -0.05) is 15.9 Å². The molecule has 1 aromatic carbocycles. The fraction of sp³-hybridized carbons (Fsp3) is 0.429. The van der Waals surface area contributed by atoms with Gasteiger partial charge in [0.25, 0.3) is 0 Å². The first-order valence-electron chi connectivity index (χ1n) is 6.18. The van der Waals surface area contributed by atoms with Crippen LogP contribution in [0.1, 0.15) is 24.0 Å². The van der Waals surface area contributed by atoms with Crippen molar-refractivity contribution in [2.45, 2.75) is 32.0 Å². The molecule has 1 saturated carbocycles. The van der Waals surface area contributed by atoms with E-state index in [1.54, 1.807) is 6.26 Å². The molecule has 1 aliphatic rings. The van der Waals surface area contributed by atoms with E-state index in [1.807, 2.05) is 6.07 Å². The number of aliphatic hydroxyl groups excluding tert-OH is 1. The Labute approximate surface area is 115 Å². The first-order chi connectivity index (χ1) is 8.69. The maximum Gasteiger partial charge on any atom is 0.138 e. The van der Waals surface area contributed by atoms with Gasteiger partial charge in [-0.3, -0.25) is 4.90 Å². The number of fused-ring (bicyclic) bond motifs is 1. The Balaban J connectivity index is 2.01. The molecule has 1 aliphatic carbocycles. The van der Waals surface area contributed by atoms with E-state index in [9.17, 15) is 5.11 Å². The van der Waals surface area contributed by atoms with Gasteiger partial charge in [0.05, 0.1) is 12.9 Å². The quantitative estimate of drug-likeness (QED) is 0.941. The van der Waals surface area contributed by atoms with Crippen molar-refractivity contribution in [2.24, 2.45) is 0 Å². The SMILES string of the molecule is CN(Cc1cc(Br)cc2c(CO)coc12)C1CC1. The molecule has 0 spiro atoms. The Kier molecular flexibility index (Phi) is 3.18. The van der Waals surface area contributed by atoms with Crippen molar-refractivity contribution < 1.29 is 9.52 Å². The van der Waals surface area contributed by atoms with Crippen molar-refractivity contribution in [1.29, 1.82) is 0 Å². The highest BCUT2D eigenvalue weighted by atomic mass is 79.9. The first kappa shape index (κ1) is 12.2. The zero-order valence-corrected chi connectivity index (χ0v) is 11.9. The predicted octanol–water partition coefficient (Wildman–Crippen LogP) is 3.28. The second-order valence-electron chi connectivity index (χ2n) is 5.01. The van der Waals surface area contributed by atoms with E-state index in [-0.39, 0.29) is 6.61 Å². The smallest absolute Gasteiger partial charge is 0.138 e. The molecule has 96 valence electrons. The lowest BCUT2D eigenvalue weighted by Gasteiger charge is -2.16. The van der Waals surface area contributed by atoms with Gasteiger partial charge in [-0.25, -0.2) is 0 Å². The number of aliphatic hydroxyl groups is 1. The van der Waals surface area contributed by atoms with Gasteiger partial charge in [0.1, 0.15) is 5.58 Å². The molecule has 1 N–H and O–H groups in total. The number of furan rings is 1. The Morgan fingerprint density at radius 1 is 1.39 bits per heavy atom. The maximum absolute atomic E-state index is 9.30. The monoisotopic (exact) mass is 309 g/mol. The molecule has 18 heavy (non-hydrogen) atoms.